The molecule has 0 saturated heterocycles. The second-order valence-corrected chi connectivity index (χ2v) is 8.79. The lowest BCUT2D eigenvalue weighted by Gasteiger charge is -2.19. The summed E-state index contributed by atoms with van der Waals surface area (Å²) in [4.78, 5) is 11.8. The molecular formula is C19H20BrNO6S. The Hall–Kier alpha value is -2.10. The molecule has 1 aliphatic heterocycles. The van der Waals surface area contributed by atoms with Gasteiger partial charge in [-0.3, -0.25) is 4.79 Å². The van der Waals surface area contributed by atoms with Crippen LogP contribution in [0.1, 0.15) is 24.4 Å². The second-order valence-electron chi connectivity index (χ2n) is 6.16. The van der Waals surface area contributed by atoms with Crippen molar-refractivity contribution in [3.63, 3.8) is 0 Å². The number of hydrogen-bond acceptors (Lipinski definition) is 6. The Morgan fingerprint density at radius 2 is 1.82 bits per heavy atom. The van der Waals surface area contributed by atoms with Crippen molar-refractivity contribution in [3.8, 4) is 11.5 Å². The first-order valence-corrected chi connectivity index (χ1v) is 10.9. The maximum absolute atomic E-state index is 13.0. The molecule has 0 fully saturated rings. The number of nitrogens with one attached hydrogen (secondary N) is 1. The number of sulfonamides is 1. The molecule has 0 saturated carbocycles. The van der Waals surface area contributed by atoms with E-state index in [2.05, 4.69) is 20.7 Å². The summed E-state index contributed by atoms with van der Waals surface area (Å²) in [5.41, 5.74) is 0.645. The van der Waals surface area contributed by atoms with Crippen LogP contribution in [0.2, 0.25) is 0 Å². The van der Waals surface area contributed by atoms with E-state index >= 15 is 0 Å². The van der Waals surface area contributed by atoms with Crippen LogP contribution in [-0.2, 0) is 19.6 Å². The third-order valence-corrected chi connectivity index (χ3v) is 6.20. The van der Waals surface area contributed by atoms with Gasteiger partial charge in [0.1, 0.15) is 0 Å². The van der Waals surface area contributed by atoms with Gasteiger partial charge in [-0.15, -0.1) is 0 Å². The van der Waals surface area contributed by atoms with Crippen LogP contribution in [0, 0.1) is 0 Å². The molecule has 0 unspecified atom stereocenters. The molecular weight excluding hydrogens is 450 g/mol. The summed E-state index contributed by atoms with van der Waals surface area (Å²) in [7, 11) is -2.66. The Morgan fingerprint density at radius 3 is 2.50 bits per heavy atom. The SMILES string of the molecule is COC(=O)C[C@H](NS(=O)(=O)c1ccc2c(c1)OCCCO2)c1ccc(Br)cc1. The summed E-state index contributed by atoms with van der Waals surface area (Å²) in [6.45, 7) is 0.968. The average molecular weight is 470 g/mol. The van der Waals surface area contributed by atoms with Gasteiger partial charge in [-0.2, -0.15) is 0 Å². The minimum absolute atomic E-state index is 0.0312. The third kappa shape index (κ3) is 5.03. The third-order valence-electron chi connectivity index (χ3n) is 4.20. The van der Waals surface area contributed by atoms with Crippen molar-refractivity contribution >= 4 is 31.9 Å². The van der Waals surface area contributed by atoms with Crippen LogP contribution in [0.4, 0.5) is 0 Å². The minimum Gasteiger partial charge on any atom is -0.490 e. The van der Waals surface area contributed by atoms with Gasteiger partial charge < -0.3 is 14.2 Å². The molecule has 2 aromatic carbocycles. The molecule has 2 aromatic rings. The number of rotatable bonds is 6. The standard InChI is InChI=1S/C19H20BrNO6S/c1-25-19(22)12-16(13-3-5-14(20)6-4-13)21-28(23,24)15-7-8-17-18(11-15)27-10-2-9-26-17/h3-8,11,16,21H,2,9-10,12H2,1H3/t16-/m0/s1. The van der Waals surface area contributed by atoms with Gasteiger partial charge in [0.05, 0.1) is 37.7 Å². The highest BCUT2D eigenvalue weighted by Gasteiger charge is 2.25. The zero-order valence-corrected chi connectivity index (χ0v) is 17.6. The Kier molecular flexibility index (Phi) is 6.58. The predicted octanol–water partition coefficient (Wildman–Crippen LogP) is 3.19. The van der Waals surface area contributed by atoms with Gasteiger partial charge in [0, 0.05) is 17.0 Å². The molecule has 0 aromatic heterocycles. The molecule has 0 spiro atoms. The van der Waals surface area contributed by atoms with Gasteiger partial charge in [0.2, 0.25) is 10.0 Å². The van der Waals surface area contributed by atoms with Crippen molar-refractivity contribution in [1.82, 2.24) is 4.72 Å². The van der Waals surface area contributed by atoms with E-state index in [1.807, 2.05) is 0 Å². The molecule has 1 atom stereocenters. The predicted molar refractivity (Wildman–Crippen MR) is 106 cm³/mol. The first-order chi connectivity index (χ1) is 13.4. The summed E-state index contributed by atoms with van der Waals surface area (Å²) < 4.78 is 45.2. The summed E-state index contributed by atoms with van der Waals surface area (Å²) in [6, 6.07) is 10.7. The first kappa shape index (κ1) is 20.6. The highest BCUT2D eigenvalue weighted by molar-refractivity contribution is 9.10. The zero-order chi connectivity index (χ0) is 20.1. The summed E-state index contributed by atoms with van der Waals surface area (Å²) >= 11 is 3.34. The number of hydrogen-bond donors (Lipinski definition) is 1. The number of benzene rings is 2. The largest absolute Gasteiger partial charge is 0.490 e. The lowest BCUT2D eigenvalue weighted by atomic mass is 10.1. The normalized spacial score (nSPS) is 14.8. The number of halogens is 1. The fourth-order valence-electron chi connectivity index (χ4n) is 2.74. The van der Waals surface area contributed by atoms with Crippen LogP contribution in [0.5, 0.6) is 11.5 Å². The lowest BCUT2D eigenvalue weighted by molar-refractivity contribution is -0.141. The molecule has 28 heavy (non-hydrogen) atoms. The van der Waals surface area contributed by atoms with E-state index in [-0.39, 0.29) is 11.3 Å². The highest BCUT2D eigenvalue weighted by atomic mass is 79.9. The molecule has 0 aliphatic carbocycles. The number of carbonyl (C=O) groups is 1. The topological polar surface area (TPSA) is 90.9 Å². The molecule has 3 rings (SSSR count). The molecule has 150 valence electrons. The molecule has 0 bridgehead atoms. The Bertz CT molecular complexity index is 945. The fourth-order valence-corrected chi connectivity index (χ4v) is 4.24. The molecule has 1 N–H and O–H groups in total. The Morgan fingerprint density at radius 1 is 1.14 bits per heavy atom. The Labute approximate surface area is 172 Å². The lowest BCUT2D eigenvalue weighted by Crippen LogP contribution is -2.30. The van der Waals surface area contributed by atoms with Gasteiger partial charge >= 0.3 is 5.97 Å². The van der Waals surface area contributed by atoms with E-state index in [0.717, 1.165) is 10.9 Å². The number of ether oxygens (including phenoxy) is 3. The molecule has 1 heterocycles. The van der Waals surface area contributed by atoms with Crippen molar-refractivity contribution < 1.29 is 27.4 Å². The van der Waals surface area contributed by atoms with Gasteiger partial charge in [-0.25, -0.2) is 13.1 Å². The molecule has 0 radical (unpaired) electrons. The smallest absolute Gasteiger partial charge is 0.307 e. The van der Waals surface area contributed by atoms with Crippen LogP contribution in [0.15, 0.2) is 51.8 Å². The summed E-state index contributed by atoms with van der Waals surface area (Å²) in [6.07, 6.45) is 0.585. The van der Waals surface area contributed by atoms with Crippen molar-refractivity contribution in [1.29, 1.82) is 0 Å². The monoisotopic (exact) mass is 469 g/mol. The van der Waals surface area contributed by atoms with Crippen LogP contribution < -0.4 is 14.2 Å². The van der Waals surface area contributed by atoms with Gasteiger partial charge in [-0.05, 0) is 29.8 Å². The summed E-state index contributed by atoms with van der Waals surface area (Å²) in [5, 5.41) is 0. The number of carbonyl (C=O) groups excluding carboxylic acids is 1. The quantitative estimate of drug-likeness (QED) is 0.653. The molecule has 9 heteroatoms. The van der Waals surface area contributed by atoms with Crippen molar-refractivity contribution in [3.05, 3.63) is 52.5 Å². The fraction of sp³-hybridized carbons (Fsp3) is 0.316. The number of esters is 1. The van der Waals surface area contributed by atoms with Gasteiger partial charge in [-0.1, -0.05) is 28.1 Å². The van der Waals surface area contributed by atoms with Crippen molar-refractivity contribution in [2.45, 2.75) is 23.8 Å². The summed E-state index contributed by atoms with van der Waals surface area (Å²) in [5.74, 6) is 0.373. The van der Waals surface area contributed by atoms with E-state index in [9.17, 15) is 13.2 Å². The number of fused-ring (bicyclic) bond motifs is 1. The Balaban J connectivity index is 1.89. The molecule has 1 aliphatic rings. The highest BCUT2D eigenvalue weighted by Crippen LogP contribution is 2.32. The van der Waals surface area contributed by atoms with Crippen LogP contribution in [0.3, 0.4) is 0 Å². The molecule has 7 nitrogen and oxygen atoms in total. The van der Waals surface area contributed by atoms with E-state index in [4.69, 9.17) is 14.2 Å². The minimum atomic E-state index is -3.92. The van der Waals surface area contributed by atoms with Crippen molar-refractivity contribution in [2.75, 3.05) is 20.3 Å². The van der Waals surface area contributed by atoms with Crippen LogP contribution in [-0.4, -0.2) is 34.7 Å². The van der Waals surface area contributed by atoms with Gasteiger partial charge in [0.25, 0.3) is 0 Å². The van der Waals surface area contributed by atoms with Crippen LogP contribution >= 0.6 is 15.9 Å². The van der Waals surface area contributed by atoms with Gasteiger partial charge in [0.15, 0.2) is 11.5 Å². The first-order valence-electron chi connectivity index (χ1n) is 8.63. The van der Waals surface area contributed by atoms with Crippen LogP contribution in [0.25, 0.3) is 0 Å². The van der Waals surface area contributed by atoms with E-state index in [1.54, 1.807) is 30.3 Å². The second kappa shape index (κ2) is 8.93. The van der Waals surface area contributed by atoms with E-state index < -0.39 is 22.0 Å². The van der Waals surface area contributed by atoms with E-state index in [1.165, 1.54) is 19.2 Å². The molecule has 0 amide bonds. The maximum Gasteiger partial charge on any atom is 0.307 e. The average Bonchev–Trinajstić information content (AvgIpc) is 2.92. The zero-order valence-electron chi connectivity index (χ0n) is 15.2. The maximum atomic E-state index is 13.0. The van der Waals surface area contributed by atoms with Crippen molar-refractivity contribution in [2.24, 2.45) is 0 Å². The number of methoxy groups -OCH3 is 1. The van der Waals surface area contributed by atoms with E-state index in [0.29, 0.717) is 30.3 Å².